The number of hydrogen-bond acceptors (Lipinski definition) is 2. The maximum Gasteiger partial charge on any atom is 0.0246 e. The molecule has 1 aliphatic rings. The first-order valence-electron chi connectivity index (χ1n) is 7.41. The van der Waals surface area contributed by atoms with E-state index in [1.165, 1.54) is 38.8 Å². The predicted octanol–water partition coefficient (Wildman–Crippen LogP) is 3.28. The monoisotopic (exact) mass is 240 g/mol. The van der Waals surface area contributed by atoms with Gasteiger partial charge >= 0.3 is 0 Å². The van der Waals surface area contributed by atoms with Crippen LogP contribution in [0.4, 0.5) is 0 Å². The molecule has 2 atom stereocenters. The van der Waals surface area contributed by atoms with E-state index in [0.29, 0.717) is 11.5 Å². The topological polar surface area (TPSA) is 15.3 Å². The molecule has 2 nitrogen and oxygen atoms in total. The van der Waals surface area contributed by atoms with Gasteiger partial charge in [-0.25, -0.2) is 0 Å². The minimum atomic E-state index is 0.462. The molecular formula is C15H32N2. The van der Waals surface area contributed by atoms with Crippen molar-refractivity contribution in [1.82, 2.24) is 10.2 Å². The zero-order chi connectivity index (χ0) is 12.9. The van der Waals surface area contributed by atoms with E-state index in [1.54, 1.807) is 0 Å². The summed E-state index contributed by atoms with van der Waals surface area (Å²) in [6, 6.07) is 1.39. The molecule has 0 bridgehead atoms. The molecule has 0 aliphatic carbocycles. The molecule has 1 heterocycles. The number of likely N-dealkylation sites (tertiary alicyclic amines) is 1. The van der Waals surface area contributed by atoms with Crippen molar-refractivity contribution in [3.05, 3.63) is 0 Å². The maximum atomic E-state index is 3.60. The summed E-state index contributed by atoms with van der Waals surface area (Å²) in [5, 5.41) is 3.60. The van der Waals surface area contributed by atoms with Gasteiger partial charge < -0.3 is 5.32 Å². The van der Waals surface area contributed by atoms with Gasteiger partial charge in [0.2, 0.25) is 0 Å². The van der Waals surface area contributed by atoms with Crippen LogP contribution in [-0.4, -0.2) is 36.6 Å². The van der Waals surface area contributed by atoms with Crippen LogP contribution in [0.15, 0.2) is 0 Å². The Morgan fingerprint density at radius 3 is 2.59 bits per heavy atom. The van der Waals surface area contributed by atoms with Crippen LogP contribution in [0.1, 0.15) is 60.3 Å². The molecule has 0 spiro atoms. The van der Waals surface area contributed by atoms with Crippen molar-refractivity contribution in [3.8, 4) is 0 Å². The second kappa shape index (κ2) is 6.75. The van der Waals surface area contributed by atoms with Crippen LogP contribution in [0.5, 0.6) is 0 Å². The summed E-state index contributed by atoms with van der Waals surface area (Å²) in [7, 11) is 0. The molecule has 1 rings (SSSR count). The van der Waals surface area contributed by atoms with Crippen LogP contribution in [0.25, 0.3) is 0 Å². The van der Waals surface area contributed by atoms with Gasteiger partial charge in [-0.2, -0.15) is 0 Å². The van der Waals surface area contributed by atoms with Crippen molar-refractivity contribution in [2.24, 2.45) is 5.41 Å². The Labute approximate surface area is 108 Å². The Hall–Kier alpha value is -0.0800. The molecule has 1 N–H and O–H groups in total. The SMILES string of the molecule is CCNC(C)C1CCCCN1CCC(C)(C)C. The number of likely N-dealkylation sites (N-methyl/N-ethyl adjacent to an activating group) is 1. The highest BCUT2D eigenvalue weighted by molar-refractivity contribution is 4.85. The van der Waals surface area contributed by atoms with Crippen molar-refractivity contribution in [2.75, 3.05) is 19.6 Å². The molecule has 0 aromatic carbocycles. The summed E-state index contributed by atoms with van der Waals surface area (Å²) in [4.78, 5) is 2.72. The molecule has 0 saturated carbocycles. The number of hydrogen-bond donors (Lipinski definition) is 1. The van der Waals surface area contributed by atoms with Gasteiger partial charge in [0.15, 0.2) is 0 Å². The van der Waals surface area contributed by atoms with Crippen molar-refractivity contribution in [1.29, 1.82) is 0 Å². The lowest BCUT2D eigenvalue weighted by atomic mass is 9.90. The third-order valence-corrected chi connectivity index (χ3v) is 3.92. The third-order valence-electron chi connectivity index (χ3n) is 3.92. The van der Waals surface area contributed by atoms with Crippen molar-refractivity contribution in [2.45, 2.75) is 72.4 Å². The minimum Gasteiger partial charge on any atom is -0.313 e. The van der Waals surface area contributed by atoms with E-state index in [0.717, 1.165) is 12.6 Å². The van der Waals surface area contributed by atoms with Crippen molar-refractivity contribution < 1.29 is 0 Å². The van der Waals surface area contributed by atoms with E-state index in [-0.39, 0.29) is 0 Å². The number of nitrogens with one attached hydrogen (secondary N) is 1. The molecule has 1 aliphatic heterocycles. The van der Waals surface area contributed by atoms with Gasteiger partial charge in [0.05, 0.1) is 0 Å². The second-order valence-corrected chi connectivity index (χ2v) is 6.76. The zero-order valence-electron chi connectivity index (χ0n) is 12.6. The highest BCUT2D eigenvalue weighted by atomic mass is 15.2. The lowest BCUT2D eigenvalue weighted by molar-refractivity contribution is 0.105. The fraction of sp³-hybridized carbons (Fsp3) is 1.00. The standard InChI is InChI=1S/C15H32N2/c1-6-16-13(2)14-9-7-8-11-17(14)12-10-15(3,4)5/h13-14,16H,6-12H2,1-5H3. The number of rotatable bonds is 5. The highest BCUT2D eigenvalue weighted by Crippen LogP contribution is 2.24. The van der Waals surface area contributed by atoms with E-state index in [1.807, 2.05) is 0 Å². The van der Waals surface area contributed by atoms with Gasteiger partial charge in [-0.05, 0) is 51.2 Å². The van der Waals surface area contributed by atoms with Crippen LogP contribution >= 0.6 is 0 Å². The van der Waals surface area contributed by atoms with E-state index >= 15 is 0 Å². The van der Waals surface area contributed by atoms with Gasteiger partial charge in [-0.15, -0.1) is 0 Å². The summed E-state index contributed by atoms with van der Waals surface area (Å²) >= 11 is 0. The summed E-state index contributed by atoms with van der Waals surface area (Å²) in [5.41, 5.74) is 0.462. The molecule has 0 radical (unpaired) electrons. The molecule has 17 heavy (non-hydrogen) atoms. The number of nitrogens with zero attached hydrogens (tertiary/aromatic N) is 1. The molecule has 1 saturated heterocycles. The van der Waals surface area contributed by atoms with E-state index in [4.69, 9.17) is 0 Å². The van der Waals surface area contributed by atoms with Gasteiger partial charge in [-0.1, -0.05) is 34.1 Å². The average Bonchev–Trinajstić information content (AvgIpc) is 2.26. The highest BCUT2D eigenvalue weighted by Gasteiger charge is 2.27. The molecular weight excluding hydrogens is 208 g/mol. The average molecular weight is 240 g/mol. The van der Waals surface area contributed by atoms with Gasteiger partial charge in [0.25, 0.3) is 0 Å². The Bertz CT molecular complexity index is 207. The van der Waals surface area contributed by atoms with Crippen LogP contribution in [0, 0.1) is 5.41 Å². The molecule has 0 amide bonds. The fourth-order valence-electron chi connectivity index (χ4n) is 2.80. The van der Waals surface area contributed by atoms with Gasteiger partial charge in [0, 0.05) is 12.1 Å². The molecule has 0 aromatic rings. The zero-order valence-corrected chi connectivity index (χ0v) is 12.6. The van der Waals surface area contributed by atoms with Crippen LogP contribution in [-0.2, 0) is 0 Å². The lowest BCUT2D eigenvalue weighted by Gasteiger charge is -2.40. The quantitative estimate of drug-likeness (QED) is 0.793. The summed E-state index contributed by atoms with van der Waals surface area (Å²) < 4.78 is 0. The van der Waals surface area contributed by atoms with E-state index in [2.05, 4.69) is 44.8 Å². The first-order chi connectivity index (χ1) is 7.94. The van der Waals surface area contributed by atoms with Gasteiger partial charge in [-0.3, -0.25) is 4.90 Å². The molecule has 0 aromatic heterocycles. The lowest BCUT2D eigenvalue weighted by Crippen LogP contribution is -2.51. The molecule has 102 valence electrons. The third kappa shape index (κ3) is 5.39. The maximum absolute atomic E-state index is 3.60. The van der Waals surface area contributed by atoms with E-state index < -0.39 is 0 Å². The van der Waals surface area contributed by atoms with Crippen LogP contribution in [0.2, 0.25) is 0 Å². The Morgan fingerprint density at radius 2 is 2.00 bits per heavy atom. The van der Waals surface area contributed by atoms with Gasteiger partial charge in [0.1, 0.15) is 0 Å². The predicted molar refractivity (Wildman–Crippen MR) is 76.4 cm³/mol. The minimum absolute atomic E-state index is 0.462. The van der Waals surface area contributed by atoms with Crippen molar-refractivity contribution in [3.63, 3.8) is 0 Å². The summed E-state index contributed by atoms with van der Waals surface area (Å²) in [6.07, 6.45) is 5.48. The van der Waals surface area contributed by atoms with Crippen molar-refractivity contribution >= 4 is 0 Å². The van der Waals surface area contributed by atoms with Crippen LogP contribution in [0.3, 0.4) is 0 Å². The number of piperidine rings is 1. The second-order valence-electron chi connectivity index (χ2n) is 6.76. The largest absolute Gasteiger partial charge is 0.313 e. The normalized spacial score (nSPS) is 24.9. The first-order valence-corrected chi connectivity index (χ1v) is 7.41. The summed E-state index contributed by atoms with van der Waals surface area (Å²) in [5.74, 6) is 0. The first kappa shape index (κ1) is 15.0. The Morgan fingerprint density at radius 1 is 1.29 bits per heavy atom. The molecule has 2 heteroatoms. The Kier molecular flexibility index (Phi) is 5.94. The fourth-order valence-corrected chi connectivity index (χ4v) is 2.80. The summed E-state index contributed by atoms with van der Waals surface area (Å²) in [6.45, 7) is 15.3. The smallest absolute Gasteiger partial charge is 0.0246 e. The Balaban J connectivity index is 2.47. The van der Waals surface area contributed by atoms with Crippen LogP contribution < -0.4 is 5.32 Å². The van der Waals surface area contributed by atoms with E-state index in [9.17, 15) is 0 Å². The molecule has 1 fully saturated rings. The molecule has 2 unspecified atom stereocenters.